The summed E-state index contributed by atoms with van der Waals surface area (Å²) >= 11 is 0. The number of nitrogens with zero attached hydrogens (tertiary/aromatic N) is 3. The Hall–Kier alpha value is -2.57. The fourth-order valence-corrected chi connectivity index (χ4v) is 4.61. The van der Waals surface area contributed by atoms with E-state index in [2.05, 4.69) is 52.1 Å². The van der Waals surface area contributed by atoms with Crippen LogP contribution in [0.15, 0.2) is 60.7 Å². The zero-order valence-corrected chi connectivity index (χ0v) is 22.5. The Bertz CT molecular complexity index is 1330. The standard InChI is InChI=1S/C29H27FN4.Na/c1-3-21-15-19(2)25(30)16-24(21)22-9-11-23(12-10-22)28(31)29-32-26-13-14-34(18-27(26)33-29)17-20-7-5-4-6-8-20;/h4-11,15-16H,3,13-14,17-18H2,1-2H3,(H,32,33);/q-2;+1. The number of hydrogen-bond acceptors (Lipinski definition) is 2. The molecule has 0 amide bonds. The number of imidazole rings is 1. The Kier molecular flexibility index (Phi) is 8.02. The molecule has 0 saturated carbocycles. The smallest absolute Gasteiger partial charge is 0.852 e. The first kappa shape index (κ1) is 25.5. The number of benzene rings is 3. The third kappa shape index (κ3) is 5.49. The van der Waals surface area contributed by atoms with Gasteiger partial charge in [0.15, 0.2) is 0 Å². The minimum Gasteiger partial charge on any atom is -0.852 e. The van der Waals surface area contributed by atoms with Crippen molar-refractivity contribution in [1.82, 2.24) is 14.9 Å². The summed E-state index contributed by atoms with van der Waals surface area (Å²) in [6, 6.07) is 22.6. The molecule has 0 fully saturated rings. The SMILES string of the molecule is CCc1cc(C)c(F)cc1-c1c[c-]c(C(=[N-])c2nc3c([nH]2)CN(Cc2ccccc2)CC3)cc1.[Na+]. The van der Waals surface area contributed by atoms with Gasteiger partial charge in [0.05, 0.1) is 17.2 Å². The Morgan fingerprint density at radius 3 is 2.69 bits per heavy atom. The van der Waals surface area contributed by atoms with Gasteiger partial charge in [0.25, 0.3) is 0 Å². The van der Waals surface area contributed by atoms with Crippen molar-refractivity contribution < 1.29 is 33.9 Å². The molecule has 35 heavy (non-hydrogen) atoms. The quantitative estimate of drug-likeness (QED) is 0.266. The first-order valence-electron chi connectivity index (χ1n) is 11.7. The molecule has 172 valence electrons. The molecule has 6 heteroatoms. The second-order valence-corrected chi connectivity index (χ2v) is 8.91. The van der Waals surface area contributed by atoms with Crippen LogP contribution < -0.4 is 29.6 Å². The summed E-state index contributed by atoms with van der Waals surface area (Å²) in [5.74, 6) is 0.249. The third-order valence-corrected chi connectivity index (χ3v) is 6.53. The van der Waals surface area contributed by atoms with Crippen molar-refractivity contribution in [2.75, 3.05) is 6.54 Å². The summed E-state index contributed by atoms with van der Waals surface area (Å²) in [6.07, 6.45) is 1.65. The van der Waals surface area contributed by atoms with E-state index >= 15 is 0 Å². The van der Waals surface area contributed by atoms with Crippen molar-refractivity contribution in [3.05, 3.63) is 117 Å². The first-order valence-corrected chi connectivity index (χ1v) is 11.7. The van der Waals surface area contributed by atoms with E-state index in [1.807, 2.05) is 24.3 Å². The van der Waals surface area contributed by atoms with Gasteiger partial charge in [-0.05, 0) is 36.1 Å². The van der Waals surface area contributed by atoms with Crippen LogP contribution in [0, 0.1) is 18.8 Å². The zero-order chi connectivity index (χ0) is 23.7. The molecular weight excluding hydrogens is 446 g/mol. The zero-order valence-electron chi connectivity index (χ0n) is 20.5. The van der Waals surface area contributed by atoms with E-state index in [0.717, 1.165) is 60.6 Å². The van der Waals surface area contributed by atoms with Crippen LogP contribution in [0.4, 0.5) is 4.39 Å². The molecule has 0 unspecified atom stereocenters. The fraction of sp³-hybridized carbons (Fsp3) is 0.241. The average Bonchev–Trinajstić information content (AvgIpc) is 3.29. The van der Waals surface area contributed by atoms with Crippen molar-refractivity contribution in [1.29, 1.82) is 0 Å². The molecule has 4 nitrogen and oxygen atoms in total. The Labute approximate surface area is 228 Å². The molecule has 0 aliphatic carbocycles. The largest absolute Gasteiger partial charge is 1.00 e. The molecule has 2 heterocycles. The first-order chi connectivity index (χ1) is 16.5. The van der Waals surface area contributed by atoms with Crippen LogP contribution in [-0.2, 0) is 25.9 Å². The number of aromatic amines is 1. The van der Waals surface area contributed by atoms with Gasteiger partial charge in [-0.15, -0.1) is 24.3 Å². The molecule has 1 aliphatic heterocycles. The van der Waals surface area contributed by atoms with Gasteiger partial charge in [-0.1, -0.05) is 54.4 Å². The second kappa shape index (κ2) is 11.0. The van der Waals surface area contributed by atoms with E-state index in [4.69, 9.17) is 0 Å². The van der Waals surface area contributed by atoms with E-state index in [0.29, 0.717) is 17.0 Å². The van der Waals surface area contributed by atoms with E-state index in [-0.39, 0.29) is 41.1 Å². The molecule has 1 aromatic heterocycles. The number of halogens is 1. The van der Waals surface area contributed by atoms with Gasteiger partial charge >= 0.3 is 29.6 Å². The molecule has 5 rings (SSSR count). The summed E-state index contributed by atoms with van der Waals surface area (Å²) in [5, 5.41) is 10.9. The van der Waals surface area contributed by atoms with Crippen molar-refractivity contribution >= 4 is 5.71 Å². The summed E-state index contributed by atoms with van der Waals surface area (Å²) in [6.45, 7) is 6.43. The number of fused-ring (bicyclic) bond motifs is 1. The molecule has 0 bridgehead atoms. The maximum atomic E-state index is 14.2. The van der Waals surface area contributed by atoms with Gasteiger partial charge < -0.3 is 10.4 Å². The molecule has 0 atom stereocenters. The predicted octanol–water partition coefficient (Wildman–Crippen LogP) is 2.86. The minimum absolute atomic E-state index is 0. The number of aromatic nitrogens is 2. The van der Waals surface area contributed by atoms with Crippen LogP contribution in [0.5, 0.6) is 0 Å². The maximum Gasteiger partial charge on any atom is 1.00 e. The summed E-state index contributed by atoms with van der Waals surface area (Å²) in [5.41, 5.74) is 7.44. The Balaban J connectivity index is 0.00000289. The number of nitrogens with one attached hydrogen (secondary N) is 1. The summed E-state index contributed by atoms with van der Waals surface area (Å²) in [4.78, 5) is 10.4. The summed E-state index contributed by atoms with van der Waals surface area (Å²) < 4.78 is 14.2. The van der Waals surface area contributed by atoms with E-state index in [1.165, 1.54) is 5.56 Å². The Morgan fingerprint density at radius 1 is 1.17 bits per heavy atom. The number of hydrogen-bond donors (Lipinski definition) is 1. The van der Waals surface area contributed by atoms with Crippen LogP contribution in [0.1, 0.15) is 46.4 Å². The number of H-pyrrole nitrogens is 1. The number of rotatable bonds is 6. The van der Waals surface area contributed by atoms with Crippen LogP contribution in [0.25, 0.3) is 16.5 Å². The summed E-state index contributed by atoms with van der Waals surface area (Å²) in [7, 11) is 0. The minimum atomic E-state index is -0.215. The molecule has 1 aliphatic rings. The molecule has 4 aromatic rings. The van der Waals surface area contributed by atoms with E-state index in [9.17, 15) is 9.80 Å². The van der Waals surface area contributed by atoms with Crippen molar-refractivity contribution in [2.45, 2.75) is 39.8 Å². The van der Waals surface area contributed by atoms with Crippen molar-refractivity contribution in [3.63, 3.8) is 0 Å². The van der Waals surface area contributed by atoms with Crippen molar-refractivity contribution in [3.8, 4) is 11.1 Å². The molecular formula is C29H27FN4Na-. The van der Waals surface area contributed by atoms with Crippen molar-refractivity contribution in [2.24, 2.45) is 0 Å². The predicted molar refractivity (Wildman–Crippen MR) is 134 cm³/mol. The van der Waals surface area contributed by atoms with Crippen LogP contribution in [0.2, 0.25) is 0 Å². The van der Waals surface area contributed by atoms with Crippen LogP contribution >= 0.6 is 0 Å². The van der Waals surface area contributed by atoms with Gasteiger partial charge in [-0.3, -0.25) is 4.90 Å². The normalized spacial score (nSPS) is 13.2. The van der Waals surface area contributed by atoms with Crippen LogP contribution in [-0.4, -0.2) is 27.1 Å². The van der Waals surface area contributed by atoms with Gasteiger partial charge in [0.2, 0.25) is 0 Å². The van der Waals surface area contributed by atoms with Gasteiger partial charge in [-0.2, -0.15) is 11.3 Å². The molecule has 1 N–H and O–H groups in total. The third-order valence-electron chi connectivity index (χ3n) is 6.53. The van der Waals surface area contributed by atoms with Crippen LogP contribution in [0.3, 0.4) is 0 Å². The fourth-order valence-electron chi connectivity index (χ4n) is 4.61. The Morgan fingerprint density at radius 2 is 1.97 bits per heavy atom. The van der Waals surface area contributed by atoms with E-state index < -0.39 is 0 Å². The molecule has 0 radical (unpaired) electrons. The molecule has 3 aromatic carbocycles. The maximum absolute atomic E-state index is 14.2. The van der Waals surface area contributed by atoms with Gasteiger partial charge in [-0.25, -0.2) is 9.37 Å². The van der Waals surface area contributed by atoms with E-state index in [1.54, 1.807) is 19.1 Å². The topological polar surface area (TPSA) is 54.2 Å². The number of aryl methyl sites for hydroxylation is 2. The van der Waals surface area contributed by atoms with Gasteiger partial charge in [0, 0.05) is 26.1 Å². The monoisotopic (exact) mass is 473 g/mol. The average molecular weight is 474 g/mol. The van der Waals surface area contributed by atoms with Gasteiger partial charge in [0.1, 0.15) is 5.82 Å². The second-order valence-electron chi connectivity index (χ2n) is 8.91. The molecule has 0 spiro atoms. The molecule has 0 saturated heterocycles.